The number of amides is 3. The maximum absolute atomic E-state index is 12.4. The van der Waals surface area contributed by atoms with Gasteiger partial charge in [0.1, 0.15) is 0 Å². The highest BCUT2D eigenvalue weighted by Gasteiger charge is 2.27. The summed E-state index contributed by atoms with van der Waals surface area (Å²) in [6.45, 7) is 5.89. The van der Waals surface area contributed by atoms with Crippen molar-refractivity contribution in [1.82, 2.24) is 14.9 Å². The number of nitrogens with one attached hydrogen (secondary N) is 1. The van der Waals surface area contributed by atoms with Crippen LogP contribution in [-0.4, -0.2) is 26.7 Å². The van der Waals surface area contributed by atoms with E-state index in [1.165, 1.54) is 17.3 Å². The third kappa shape index (κ3) is 4.14. The molecule has 1 aromatic heterocycles. The maximum atomic E-state index is 12.4. The SMILES string of the molecule is Cc1ccc(-n2c(SC(C(=O)NC(N)=O)C(C)C)nc3ccccc32)cc1. The van der Waals surface area contributed by atoms with Crippen LogP contribution in [0, 0.1) is 12.8 Å². The number of carbonyl (C=O) groups is 2. The van der Waals surface area contributed by atoms with Gasteiger partial charge in [-0.3, -0.25) is 14.7 Å². The third-order valence-corrected chi connectivity index (χ3v) is 5.66. The van der Waals surface area contributed by atoms with Crippen molar-refractivity contribution in [2.45, 2.75) is 31.2 Å². The number of fused-ring (bicyclic) bond motifs is 1. The molecule has 140 valence electrons. The molecule has 3 amide bonds. The minimum absolute atomic E-state index is 0.0133. The minimum atomic E-state index is -0.849. The first-order chi connectivity index (χ1) is 12.9. The molecule has 3 N–H and O–H groups in total. The molecule has 3 rings (SSSR count). The summed E-state index contributed by atoms with van der Waals surface area (Å²) in [7, 11) is 0. The number of thioether (sulfide) groups is 1. The molecule has 6 nitrogen and oxygen atoms in total. The summed E-state index contributed by atoms with van der Waals surface area (Å²) in [6, 6.07) is 15.1. The predicted octanol–water partition coefficient (Wildman–Crippen LogP) is 3.65. The second kappa shape index (κ2) is 7.84. The van der Waals surface area contributed by atoms with Crippen LogP contribution >= 0.6 is 11.8 Å². The highest BCUT2D eigenvalue weighted by atomic mass is 32.2. The predicted molar refractivity (Wildman–Crippen MR) is 108 cm³/mol. The largest absolute Gasteiger partial charge is 0.351 e. The molecule has 1 atom stereocenters. The molecule has 0 spiro atoms. The molecule has 0 aliphatic heterocycles. The minimum Gasteiger partial charge on any atom is -0.351 e. The summed E-state index contributed by atoms with van der Waals surface area (Å²) in [5.41, 5.74) is 9.06. The summed E-state index contributed by atoms with van der Waals surface area (Å²) in [5.74, 6) is -0.425. The van der Waals surface area contributed by atoms with E-state index in [2.05, 4.69) is 5.32 Å². The van der Waals surface area contributed by atoms with Gasteiger partial charge in [0, 0.05) is 5.69 Å². The van der Waals surface area contributed by atoms with Gasteiger partial charge in [0.25, 0.3) is 0 Å². The standard InChI is InChI=1S/C20H22N4O2S/c1-12(2)17(18(25)23-19(21)26)27-20-22-15-6-4-5-7-16(15)24(20)14-10-8-13(3)9-11-14/h4-12,17H,1-3H3,(H3,21,23,25,26). The highest BCUT2D eigenvalue weighted by molar-refractivity contribution is 8.00. The molecule has 0 aliphatic rings. The van der Waals surface area contributed by atoms with Crippen molar-refractivity contribution in [1.29, 1.82) is 0 Å². The third-order valence-electron chi connectivity index (χ3n) is 4.16. The summed E-state index contributed by atoms with van der Waals surface area (Å²) < 4.78 is 2.03. The van der Waals surface area contributed by atoms with Crippen LogP contribution in [0.3, 0.4) is 0 Å². The number of aryl methyl sites for hydroxylation is 1. The zero-order valence-corrected chi connectivity index (χ0v) is 16.3. The number of benzene rings is 2. The molecule has 0 saturated carbocycles. The van der Waals surface area contributed by atoms with Gasteiger partial charge in [0.05, 0.1) is 16.3 Å². The number of nitrogens with two attached hydrogens (primary N) is 1. The normalized spacial score (nSPS) is 12.3. The van der Waals surface area contributed by atoms with Gasteiger partial charge >= 0.3 is 6.03 Å². The Morgan fingerprint density at radius 3 is 2.41 bits per heavy atom. The van der Waals surface area contributed by atoms with Gasteiger partial charge in [-0.25, -0.2) is 9.78 Å². The Hall–Kier alpha value is -2.80. The van der Waals surface area contributed by atoms with Crippen molar-refractivity contribution in [3.05, 3.63) is 54.1 Å². The van der Waals surface area contributed by atoms with E-state index < -0.39 is 17.2 Å². The first kappa shape index (κ1) is 19.0. The Balaban J connectivity index is 2.07. The van der Waals surface area contributed by atoms with E-state index in [1.54, 1.807) is 0 Å². The lowest BCUT2D eigenvalue weighted by Crippen LogP contribution is -2.42. The van der Waals surface area contributed by atoms with Gasteiger partial charge in [-0.1, -0.05) is 55.4 Å². The Morgan fingerprint density at radius 1 is 1.11 bits per heavy atom. The van der Waals surface area contributed by atoms with Crippen molar-refractivity contribution in [2.24, 2.45) is 11.7 Å². The number of hydrogen-bond acceptors (Lipinski definition) is 4. The molecule has 0 saturated heterocycles. The number of aromatic nitrogens is 2. The van der Waals surface area contributed by atoms with E-state index in [4.69, 9.17) is 10.7 Å². The Bertz CT molecular complexity index is 979. The Kier molecular flexibility index (Phi) is 5.51. The smallest absolute Gasteiger partial charge is 0.318 e. The molecule has 0 fully saturated rings. The number of nitrogens with zero attached hydrogens (tertiary/aromatic N) is 2. The number of para-hydroxylation sites is 2. The number of rotatable bonds is 5. The van der Waals surface area contributed by atoms with Crippen molar-refractivity contribution in [3.8, 4) is 5.69 Å². The lowest BCUT2D eigenvalue weighted by atomic mass is 10.1. The average molecular weight is 382 g/mol. The van der Waals surface area contributed by atoms with E-state index in [1.807, 2.05) is 73.9 Å². The molecular weight excluding hydrogens is 360 g/mol. The average Bonchev–Trinajstić information content (AvgIpc) is 2.97. The monoisotopic (exact) mass is 382 g/mol. The van der Waals surface area contributed by atoms with Gasteiger partial charge in [0.2, 0.25) is 5.91 Å². The van der Waals surface area contributed by atoms with Crippen LogP contribution in [0.15, 0.2) is 53.7 Å². The van der Waals surface area contributed by atoms with Crippen LogP contribution in [0.25, 0.3) is 16.7 Å². The maximum Gasteiger partial charge on any atom is 0.318 e. The molecule has 0 aliphatic carbocycles. The molecule has 0 radical (unpaired) electrons. The van der Waals surface area contributed by atoms with Crippen molar-refractivity contribution in [3.63, 3.8) is 0 Å². The number of primary amides is 1. The molecular formula is C20H22N4O2S. The van der Waals surface area contributed by atoms with Gasteiger partial charge in [-0.05, 0) is 37.1 Å². The Morgan fingerprint density at radius 2 is 1.78 bits per heavy atom. The molecule has 1 heterocycles. The first-order valence-electron chi connectivity index (χ1n) is 8.68. The first-order valence-corrected chi connectivity index (χ1v) is 9.56. The Labute approximate surface area is 162 Å². The second-order valence-corrected chi connectivity index (χ2v) is 7.80. The molecule has 1 unspecified atom stereocenters. The molecule has 27 heavy (non-hydrogen) atoms. The topological polar surface area (TPSA) is 90.0 Å². The van der Waals surface area contributed by atoms with Crippen molar-refractivity contribution >= 4 is 34.7 Å². The lowest BCUT2D eigenvalue weighted by Gasteiger charge is -2.19. The summed E-state index contributed by atoms with van der Waals surface area (Å²) in [4.78, 5) is 28.3. The summed E-state index contributed by atoms with van der Waals surface area (Å²) in [5, 5.41) is 2.38. The van der Waals surface area contributed by atoms with Crippen molar-refractivity contribution in [2.75, 3.05) is 0 Å². The molecule has 0 bridgehead atoms. The van der Waals surface area contributed by atoms with Gasteiger partial charge in [-0.15, -0.1) is 0 Å². The van der Waals surface area contributed by atoms with E-state index in [0.717, 1.165) is 16.7 Å². The van der Waals surface area contributed by atoms with Crippen molar-refractivity contribution < 1.29 is 9.59 Å². The lowest BCUT2D eigenvalue weighted by molar-refractivity contribution is -0.120. The number of imide groups is 1. The van der Waals surface area contributed by atoms with E-state index in [9.17, 15) is 9.59 Å². The number of urea groups is 1. The number of imidazole rings is 1. The van der Waals surface area contributed by atoms with Crippen LogP contribution in [0.1, 0.15) is 19.4 Å². The van der Waals surface area contributed by atoms with Crippen LogP contribution in [-0.2, 0) is 4.79 Å². The van der Waals surface area contributed by atoms with Crippen LogP contribution in [0.2, 0.25) is 0 Å². The highest BCUT2D eigenvalue weighted by Crippen LogP contribution is 2.33. The second-order valence-electron chi connectivity index (χ2n) is 6.69. The fourth-order valence-electron chi connectivity index (χ4n) is 2.82. The molecule has 3 aromatic rings. The van der Waals surface area contributed by atoms with Gasteiger partial charge in [0.15, 0.2) is 5.16 Å². The number of hydrogen-bond donors (Lipinski definition) is 2. The zero-order valence-electron chi connectivity index (χ0n) is 15.5. The van der Waals surface area contributed by atoms with E-state index in [-0.39, 0.29) is 5.92 Å². The molecule has 2 aromatic carbocycles. The van der Waals surface area contributed by atoms with E-state index in [0.29, 0.717) is 5.16 Å². The zero-order chi connectivity index (χ0) is 19.6. The van der Waals surface area contributed by atoms with E-state index >= 15 is 0 Å². The van der Waals surface area contributed by atoms with Crippen LogP contribution < -0.4 is 11.1 Å². The van der Waals surface area contributed by atoms with Crippen LogP contribution in [0.5, 0.6) is 0 Å². The fourth-order valence-corrected chi connectivity index (χ4v) is 3.95. The van der Waals surface area contributed by atoms with Crippen LogP contribution in [0.4, 0.5) is 4.79 Å². The quantitative estimate of drug-likeness (QED) is 0.659. The number of carbonyl (C=O) groups excluding carboxylic acids is 2. The van der Waals surface area contributed by atoms with Gasteiger partial charge in [-0.2, -0.15) is 0 Å². The van der Waals surface area contributed by atoms with Gasteiger partial charge < -0.3 is 5.73 Å². The summed E-state index contributed by atoms with van der Waals surface area (Å²) in [6.07, 6.45) is 0. The summed E-state index contributed by atoms with van der Waals surface area (Å²) >= 11 is 1.33. The molecule has 7 heteroatoms. The fraction of sp³-hybridized carbons (Fsp3) is 0.250.